The Morgan fingerprint density at radius 1 is 1.07 bits per heavy atom. The second-order valence-corrected chi connectivity index (χ2v) is 11.5. The molecule has 3 atom stereocenters. The summed E-state index contributed by atoms with van der Waals surface area (Å²) in [5.41, 5.74) is 1.67. The zero-order chi connectivity index (χ0) is 27.6. The van der Waals surface area contributed by atoms with Crippen LogP contribution in [0.4, 0.5) is 10.1 Å². The van der Waals surface area contributed by atoms with Gasteiger partial charge in [0.25, 0.3) is 0 Å². The minimum Gasteiger partial charge on any atom is -0.484 e. The van der Waals surface area contributed by atoms with Crippen molar-refractivity contribution in [3.8, 4) is 5.75 Å². The fraction of sp³-hybridized carbons (Fsp3) is 0.452. The lowest BCUT2D eigenvalue weighted by Crippen LogP contribution is -2.48. The van der Waals surface area contributed by atoms with E-state index in [4.69, 9.17) is 21.1 Å². The predicted molar refractivity (Wildman–Crippen MR) is 153 cm³/mol. The molecule has 6 rings (SSSR count). The van der Waals surface area contributed by atoms with Crippen LogP contribution in [-0.4, -0.2) is 74.0 Å². The van der Waals surface area contributed by atoms with Gasteiger partial charge in [0.2, 0.25) is 5.91 Å². The molecule has 0 bridgehead atoms. The van der Waals surface area contributed by atoms with Gasteiger partial charge in [-0.3, -0.25) is 4.79 Å². The third-order valence-electron chi connectivity index (χ3n) is 8.27. The summed E-state index contributed by atoms with van der Waals surface area (Å²) in [5.74, 6) is 0.0703. The van der Waals surface area contributed by atoms with Gasteiger partial charge in [0.05, 0.1) is 30.2 Å². The molecule has 0 spiro atoms. The van der Waals surface area contributed by atoms with E-state index < -0.39 is 12.1 Å². The van der Waals surface area contributed by atoms with Crippen LogP contribution < -0.4 is 15.0 Å². The fourth-order valence-electron chi connectivity index (χ4n) is 5.87. The van der Waals surface area contributed by atoms with Crippen LogP contribution in [0.3, 0.4) is 0 Å². The maximum Gasteiger partial charge on any atom is 0.225 e. The molecule has 1 amide bonds. The Hall–Kier alpha value is -2.91. The van der Waals surface area contributed by atoms with Crippen LogP contribution in [0.5, 0.6) is 5.75 Å². The molecule has 212 valence electrons. The quantitative estimate of drug-likeness (QED) is 0.395. The number of benzene rings is 3. The number of hydrogen-bond acceptors (Lipinski definition) is 6. The van der Waals surface area contributed by atoms with E-state index in [0.29, 0.717) is 42.6 Å². The van der Waals surface area contributed by atoms with Crippen LogP contribution in [-0.2, 0) is 9.53 Å². The number of aliphatic hydroxyl groups is 1. The Morgan fingerprint density at radius 2 is 1.85 bits per heavy atom. The lowest BCUT2D eigenvalue weighted by molar-refractivity contribution is -0.126. The summed E-state index contributed by atoms with van der Waals surface area (Å²) < 4.78 is 24.6. The van der Waals surface area contributed by atoms with Gasteiger partial charge in [0, 0.05) is 25.3 Å². The van der Waals surface area contributed by atoms with Gasteiger partial charge < -0.3 is 29.7 Å². The molecule has 0 radical (unpaired) electrons. The molecule has 3 aromatic rings. The number of carbonyl (C=O) groups is 1. The van der Waals surface area contributed by atoms with Crippen LogP contribution in [0.2, 0.25) is 5.02 Å². The minimum absolute atomic E-state index is 0.000871. The summed E-state index contributed by atoms with van der Waals surface area (Å²) in [5, 5.41) is 16.9. The highest BCUT2D eigenvalue weighted by atomic mass is 35.5. The average Bonchev–Trinajstić information content (AvgIpc) is 3.63. The van der Waals surface area contributed by atoms with Crippen LogP contribution in [0.1, 0.15) is 30.9 Å². The summed E-state index contributed by atoms with van der Waals surface area (Å²) in [6.07, 6.45) is 2.05. The number of likely N-dealkylation sites (tertiary alicyclic amines) is 1. The highest BCUT2D eigenvalue weighted by molar-refractivity contribution is 6.32. The highest BCUT2D eigenvalue weighted by Crippen LogP contribution is 2.32. The van der Waals surface area contributed by atoms with E-state index in [1.807, 2.05) is 24.3 Å². The zero-order valence-electron chi connectivity index (χ0n) is 22.4. The van der Waals surface area contributed by atoms with E-state index in [9.17, 15) is 14.3 Å². The number of anilines is 1. The van der Waals surface area contributed by atoms with E-state index in [1.54, 1.807) is 18.2 Å². The molecule has 0 aliphatic carbocycles. The van der Waals surface area contributed by atoms with Crippen molar-refractivity contribution in [2.45, 2.75) is 37.5 Å². The van der Waals surface area contributed by atoms with Crippen molar-refractivity contribution in [1.29, 1.82) is 0 Å². The van der Waals surface area contributed by atoms with Gasteiger partial charge in [-0.1, -0.05) is 29.8 Å². The van der Waals surface area contributed by atoms with Gasteiger partial charge in [-0.15, -0.1) is 0 Å². The Balaban J connectivity index is 1.13. The summed E-state index contributed by atoms with van der Waals surface area (Å²) >= 11 is 6.50. The normalized spacial score (nSPS) is 21.4. The monoisotopic (exact) mass is 567 g/mol. The standard InChI is InChI=1S/C31H35ClFN3O4/c32-27-15-22(5-8-29(27)40-26-18-39-19-26)30(37)28(17-35-10-1-2-11-35)34-31(38)23-9-12-36(16-23)25-7-4-20-13-24(33)6-3-21(20)14-25/h3-8,13-15,23,26,28,30,37H,1-2,9-12,16-19H2,(H,34,38)/t23-,28-,30-/m1/s1. The van der Waals surface area contributed by atoms with Crippen LogP contribution in [0, 0.1) is 11.7 Å². The number of amides is 1. The molecule has 7 nitrogen and oxygen atoms in total. The van der Waals surface area contributed by atoms with Gasteiger partial charge in [-0.25, -0.2) is 4.39 Å². The van der Waals surface area contributed by atoms with Crippen molar-refractivity contribution >= 4 is 34.0 Å². The molecule has 9 heteroatoms. The molecule has 3 fully saturated rings. The summed E-state index contributed by atoms with van der Waals surface area (Å²) in [7, 11) is 0. The minimum atomic E-state index is -0.915. The number of ether oxygens (including phenoxy) is 2. The molecule has 3 aliphatic rings. The number of nitrogens with one attached hydrogen (secondary N) is 1. The molecule has 0 aromatic heterocycles. The van der Waals surface area contributed by atoms with Crippen molar-refractivity contribution in [3.63, 3.8) is 0 Å². The first-order valence-electron chi connectivity index (χ1n) is 14.1. The van der Waals surface area contributed by atoms with Crippen LogP contribution in [0.25, 0.3) is 10.8 Å². The summed E-state index contributed by atoms with van der Waals surface area (Å²) in [6, 6.07) is 15.6. The number of rotatable bonds is 9. The molecule has 0 unspecified atom stereocenters. The lowest BCUT2D eigenvalue weighted by atomic mass is 10.00. The maximum atomic E-state index is 13.6. The molecule has 40 heavy (non-hydrogen) atoms. The second kappa shape index (κ2) is 11.9. The van der Waals surface area contributed by atoms with E-state index in [1.165, 1.54) is 12.1 Å². The largest absolute Gasteiger partial charge is 0.484 e. The third-order valence-corrected chi connectivity index (χ3v) is 8.57. The zero-order valence-corrected chi connectivity index (χ0v) is 23.2. The summed E-state index contributed by atoms with van der Waals surface area (Å²) in [6.45, 7) is 4.92. The smallest absolute Gasteiger partial charge is 0.225 e. The molecule has 2 N–H and O–H groups in total. The van der Waals surface area contributed by atoms with E-state index in [0.717, 1.165) is 55.4 Å². The fourth-order valence-corrected chi connectivity index (χ4v) is 6.10. The highest BCUT2D eigenvalue weighted by Gasteiger charge is 2.33. The van der Waals surface area contributed by atoms with Gasteiger partial charge in [0.1, 0.15) is 23.8 Å². The van der Waals surface area contributed by atoms with Crippen molar-refractivity contribution in [2.24, 2.45) is 5.92 Å². The molecule has 3 heterocycles. The molecule has 3 aliphatic heterocycles. The van der Waals surface area contributed by atoms with Crippen LogP contribution in [0.15, 0.2) is 54.6 Å². The van der Waals surface area contributed by atoms with Gasteiger partial charge >= 0.3 is 0 Å². The Bertz CT molecular complexity index is 1360. The molecular formula is C31H35ClFN3O4. The molecule has 3 aromatic carbocycles. The number of nitrogens with zero attached hydrogens (tertiary/aromatic N) is 2. The van der Waals surface area contributed by atoms with Crippen LogP contribution >= 0.6 is 11.6 Å². The number of halogens is 2. The Kier molecular flexibility index (Phi) is 8.12. The maximum absolute atomic E-state index is 13.6. The van der Waals surface area contributed by atoms with Crippen molar-refractivity contribution in [1.82, 2.24) is 10.2 Å². The van der Waals surface area contributed by atoms with Gasteiger partial charge in [-0.2, -0.15) is 0 Å². The Labute approximate surface area is 238 Å². The third kappa shape index (κ3) is 6.05. The van der Waals surface area contributed by atoms with E-state index in [-0.39, 0.29) is 23.7 Å². The van der Waals surface area contributed by atoms with Gasteiger partial charge in [0.15, 0.2) is 0 Å². The van der Waals surface area contributed by atoms with Gasteiger partial charge in [-0.05, 0) is 85.1 Å². The number of hydrogen-bond donors (Lipinski definition) is 2. The number of carbonyl (C=O) groups excluding carboxylic acids is 1. The number of aliphatic hydroxyl groups excluding tert-OH is 1. The molecular weight excluding hydrogens is 533 g/mol. The van der Waals surface area contributed by atoms with E-state index in [2.05, 4.69) is 15.1 Å². The predicted octanol–water partition coefficient (Wildman–Crippen LogP) is 4.55. The Morgan fingerprint density at radius 3 is 2.60 bits per heavy atom. The number of fused-ring (bicyclic) bond motifs is 1. The topological polar surface area (TPSA) is 74.3 Å². The first-order chi connectivity index (χ1) is 19.4. The molecule has 0 saturated carbocycles. The lowest BCUT2D eigenvalue weighted by Gasteiger charge is -2.30. The van der Waals surface area contributed by atoms with Crippen molar-refractivity contribution in [3.05, 3.63) is 71.0 Å². The average molecular weight is 568 g/mol. The van der Waals surface area contributed by atoms with E-state index >= 15 is 0 Å². The first kappa shape index (κ1) is 27.3. The second-order valence-electron chi connectivity index (χ2n) is 11.1. The SMILES string of the molecule is O=C(N[C@H](CN1CCCC1)[C@H](O)c1ccc(OC2COC2)c(Cl)c1)[C@@H]1CCN(c2ccc3cc(F)ccc3c2)C1. The van der Waals surface area contributed by atoms with Crippen molar-refractivity contribution < 1.29 is 23.8 Å². The first-order valence-corrected chi connectivity index (χ1v) is 14.5. The summed E-state index contributed by atoms with van der Waals surface area (Å²) in [4.78, 5) is 18.0. The molecule has 3 saturated heterocycles. The van der Waals surface area contributed by atoms with Crippen molar-refractivity contribution in [2.75, 3.05) is 50.8 Å².